The SMILES string of the molecule is CC(C)Cn1nc(C(=O)N2CC[C@@H]3CNC[C@@H]3CC2)c2ccccc2c1=O.Cl. The van der Waals surface area contributed by atoms with Crippen LogP contribution in [0.1, 0.15) is 37.2 Å². The third-order valence-corrected chi connectivity index (χ3v) is 5.91. The van der Waals surface area contributed by atoms with Crippen molar-refractivity contribution in [2.45, 2.75) is 33.2 Å². The maximum Gasteiger partial charge on any atom is 0.274 e. The first kappa shape index (κ1) is 20.8. The molecule has 2 atom stereocenters. The third-order valence-electron chi connectivity index (χ3n) is 5.91. The Bertz CT molecular complexity index is 897. The van der Waals surface area contributed by atoms with E-state index in [4.69, 9.17) is 0 Å². The molecule has 2 aliphatic heterocycles. The molecule has 0 unspecified atom stereocenters. The van der Waals surface area contributed by atoms with E-state index in [9.17, 15) is 9.59 Å². The Balaban J connectivity index is 0.00000225. The average Bonchev–Trinajstić information content (AvgIpc) is 3.01. The summed E-state index contributed by atoms with van der Waals surface area (Å²) in [6.45, 7) is 8.26. The van der Waals surface area contributed by atoms with Crippen LogP contribution in [0.3, 0.4) is 0 Å². The highest BCUT2D eigenvalue weighted by atomic mass is 35.5. The van der Waals surface area contributed by atoms with Crippen LogP contribution < -0.4 is 10.9 Å². The van der Waals surface area contributed by atoms with Gasteiger partial charge in [0.1, 0.15) is 0 Å². The molecule has 3 heterocycles. The molecule has 2 aliphatic rings. The lowest BCUT2D eigenvalue weighted by Gasteiger charge is -2.22. The molecule has 4 rings (SSSR count). The van der Waals surface area contributed by atoms with Gasteiger partial charge in [-0.3, -0.25) is 9.59 Å². The van der Waals surface area contributed by atoms with Gasteiger partial charge in [-0.15, -0.1) is 12.4 Å². The highest BCUT2D eigenvalue weighted by molar-refractivity contribution is 6.04. The van der Waals surface area contributed by atoms with Crippen molar-refractivity contribution in [3.63, 3.8) is 0 Å². The van der Waals surface area contributed by atoms with Gasteiger partial charge >= 0.3 is 0 Å². The first-order chi connectivity index (χ1) is 13.0. The number of likely N-dealkylation sites (tertiary alicyclic amines) is 1. The molecule has 0 saturated carbocycles. The zero-order valence-electron chi connectivity index (χ0n) is 16.6. The second kappa shape index (κ2) is 8.62. The van der Waals surface area contributed by atoms with Gasteiger partial charge in [0.15, 0.2) is 5.69 Å². The van der Waals surface area contributed by atoms with E-state index >= 15 is 0 Å². The van der Waals surface area contributed by atoms with Gasteiger partial charge in [-0.25, -0.2) is 4.68 Å². The number of carbonyl (C=O) groups is 1. The van der Waals surface area contributed by atoms with Crippen molar-refractivity contribution in [2.24, 2.45) is 17.8 Å². The van der Waals surface area contributed by atoms with E-state index in [1.807, 2.05) is 36.9 Å². The fourth-order valence-corrected chi connectivity index (χ4v) is 4.43. The minimum atomic E-state index is -0.118. The monoisotopic (exact) mass is 404 g/mol. The van der Waals surface area contributed by atoms with Crippen LogP contribution in [0.5, 0.6) is 0 Å². The van der Waals surface area contributed by atoms with Gasteiger partial charge in [-0.2, -0.15) is 5.10 Å². The Labute approximate surface area is 171 Å². The van der Waals surface area contributed by atoms with Crippen LogP contribution in [0.4, 0.5) is 0 Å². The number of fused-ring (bicyclic) bond motifs is 2. The van der Waals surface area contributed by atoms with Gasteiger partial charge in [0.2, 0.25) is 0 Å². The summed E-state index contributed by atoms with van der Waals surface area (Å²) >= 11 is 0. The second-order valence-corrected chi connectivity index (χ2v) is 8.32. The molecule has 152 valence electrons. The summed E-state index contributed by atoms with van der Waals surface area (Å²) in [6, 6.07) is 7.35. The molecule has 1 N–H and O–H groups in total. The van der Waals surface area contributed by atoms with Gasteiger partial charge < -0.3 is 10.2 Å². The van der Waals surface area contributed by atoms with Crippen LogP contribution >= 0.6 is 12.4 Å². The van der Waals surface area contributed by atoms with Crippen molar-refractivity contribution in [3.05, 3.63) is 40.3 Å². The Kier molecular flexibility index (Phi) is 6.40. The Morgan fingerprint density at radius 1 is 1.14 bits per heavy atom. The fourth-order valence-electron chi connectivity index (χ4n) is 4.43. The molecule has 1 amide bonds. The minimum absolute atomic E-state index is 0. The van der Waals surface area contributed by atoms with Gasteiger partial charge in [-0.1, -0.05) is 32.0 Å². The van der Waals surface area contributed by atoms with Crippen LogP contribution in [0, 0.1) is 17.8 Å². The number of carbonyl (C=O) groups excluding carboxylic acids is 1. The van der Waals surface area contributed by atoms with Crippen LogP contribution in [0.25, 0.3) is 10.8 Å². The Morgan fingerprint density at radius 3 is 2.36 bits per heavy atom. The third kappa shape index (κ3) is 3.94. The summed E-state index contributed by atoms with van der Waals surface area (Å²) in [6.07, 6.45) is 2.07. The zero-order valence-corrected chi connectivity index (χ0v) is 17.4. The van der Waals surface area contributed by atoms with E-state index in [0.717, 1.165) is 39.0 Å². The number of hydrogen-bond acceptors (Lipinski definition) is 4. The van der Waals surface area contributed by atoms with Crippen molar-refractivity contribution in [2.75, 3.05) is 26.2 Å². The van der Waals surface area contributed by atoms with E-state index in [-0.39, 0.29) is 29.8 Å². The molecule has 2 saturated heterocycles. The first-order valence-electron chi connectivity index (χ1n) is 10.0. The molecule has 6 nitrogen and oxygen atoms in total. The van der Waals surface area contributed by atoms with E-state index < -0.39 is 0 Å². The molecule has 0 spiro atoms. The van der Waals surface area contributed by atoms with Crippen LogP contribution in [0.2, 0.25) is 0 Å². The Morgan fingerprint density at radius 2 is 1.75 bits per heavy atom. The lowest BCUT2D eigenvalue weighted by atomic mass is 9.92. The lowest BCUT2D eigenvalue weighted by Crippen LogP contribution is -2.36. The predicted octanol–water partition coefficient (Wildman–Crippen LogP) is 2.55. The topological polar surface area (TPSA) is 67.2 Å². The number of benzene rings is 1. The molecular formula is C21H29ClN4O2. The summed E-state index contributed by atoms with van der Waals surface area (Å²) in [5.41, 5.74) is 0.295. The molecular weight excluding hydrogens is 376 g/mol. The lowest BCUT2D eigenvalue weighted by molar-refractivity contribution is 0.0751. The number of rotatable bonds is 3. The van der Waals surface area contributed by atoms with Crippen molar-refractivity contribution >= 4 is 29.1 Å². The quantitative estimate of drug-likeness (QED) is 0.853. The molecule has 0 bridgehead atoms. The van der Waals surface area contributed by atoms with Gasteiger partial charge in [0.25, 0.3) is 11.5 Å². The molecule has 1 aromatic heterocycles. The minimum Gasteiger partial charge on any atom is -0.337 e. The van der Waals surface area contributed by atoms with Gasteiger partial charge in [0, 0.05) is 25.0 Å². The summed E-state index contributed by atoms with van der Waals surface area (Å²) in [5.74, 6) is 1.57. The molecule has 7 heteroatoms. The summed E-state index contributed by atoms with van der Waals surface area (Å²) < 4.78 is 1.47. The maximum atomic E-state index is 13.4. The van der Waals surface area contributed by atoms with Crippen LogP contribution in [0.15, 0.2) is 29.1 Å². The normalized spacial score (nSPS) is 22.0. The van der Waals surface area contributed by atoms with E-state index in [2.05, 4.69) is 10.4 Å². The smallest absolute Gasteiger partial charge is 0.274 e. The van der Waals surface area contributed by atoms with Crippen LogP contribution in [-0.4, -0.2) is 46.8 Å². The molecule has 0 radical (unpaired) electrons. The van der Waals surface area contributed by atoms with Crippen molar-refractivity contribution in [1.82, 2.24) is 20.0 Å². The molecule has 2 fully saturated rings. The Hall–Kier alpha value is -1.92. The summed E-state index contributed by atoms with van der Waals surface area (Å²) in [4.78, 5) is 28.1. The standard InChI is InChI=1S/C21H28N4O2.ClH/c1-14(2)13-25-20(26)18-6-4-3-5-17(18)19(23-25)21(27)24-9-7-15-11-22-12-16(15)8-10-24;/h3-6,14-16,22H,7-13H2,1-2H3;1H/t15-,16+;. The number of amides is 1. The maximum absolute atomic E-state index is 13.4. The molecule has 2 aromatic rings. The number of nitrogens with one attached hydrogen (secondary N) is 1. The van der Waals surface area contributed by atoms with E-state index in [1.54, 1.807) is 6.07 Å². The van der Waals surface area contributed by atoms with Crippen molar-refractivity contribution in [1.29, 1.82) is 0 Å². The molecule has 1 aromatic carbocycles. The second-order valence-electron chi connectivity index (χ2n) is 8.32. The van der Waals surface area contributed by atoms with Crippen LogP contribution in [-0.2, 0) is 6.54 Å². The highest BCUT2D eigenvalue weighted by Crippen LogP contribution is 2.28. The number of aromatic nitrogens is 2. The van der Waals surface area contributed by atoms with Crippen molar-refractivity contribution < 1.29 is 4.79 Å². The van der Waals surface area contributed by atoms with E-state index in [1.165, 1.54) is 4.68 Å². The van der Waals surface area contributed by atoms with Gasteiger partial charge in [0.05, 0.1) is 5.39 Å². The molecule has 0 aliphatic carbocycles. The zero-order chi connectivity index (χ0) is 19.0. The number of halogens is 1. The fraction of sp³-hybridized carbons (Fsp3) is 0.571. The largest absolute Gasteiger partial charge is 0.337 e. The highest BCUT2D eigenvalue weighted by Gasteiger charge is 2.32. The predicted molar refractivity (Wildman–Crippen MR) is 113 cm³/mol. The summed E-state index contributed by atoms with van der Waals surface area (Å²) in [5, 5.41) is 9.23. The van der Waals surface area contributed by atoms with Gasteiger partial charge in [-0.05, 0) is 49.8 Å². The number of hydrogen-bond donors (Lipinski definition) is 1. The average molecular weight is 405 g/mol. The van der Waals surface area contributed by atoms with E-state index in [0.29, 0.717) is 34.8 Å². The molecule has 28 heavy (non-hydrogen) atoms. The summed E-state index contributed by atoms with van der Waals surface area (Å²) in [7, 11) is 0. The number of nitrogens with zero attached hydrogens (tertiary/aromatic N) is 3. The van der Waals surface area contributed by atoms with Crippen molar-refractivity contribution in [3.8, 4) is 0 Å². The first-order valence-corrected chi connectivity index (χ1v) is 10.0.